The predicted octanol–water partition coefficient (Wildman–Crippen LogP) is 14.4. The molecule has 0 aliphatic carbocycles. The van der Waals surface area contributed by atoms with Gasteiger partial charge in [-0.3, -0.25) is 0 Å². The molecule has 0 saturated carbocycles. The Morgan fingerprint density at radius 1 is 0.315 bits per heavy atom. The molecular formula is C52H36N2. The van der Waals surface area contributed by atoms with Gasteiger partial charge < -0.3 is 9.47 Å². The summed E-state index contributed by atoms with van der Waals surface area (Å²) in [6.45, 7) is 0. The minimum atomic E-state index is 1.08. The summed E-state index contributed by atoms with van der Waals surface area (Å²) >= 11 is 0. The van der Waals surface area contributed by atoms with E-state index in [-0.39, 0.29) is 0 Å². The van der Waals surface area contributed by atoms with Crippen molar-refractivity contribution in [3.63, 3.8) is 0 Å². The number of nitrogens with zero attached hydrogens (tertiary/aromatic N) is 2. The molecule has 0 aliphatic rings. The fourth-order valence-corrected chi connectivity index (χ4v) is 8.06. The van der Waals surface area contributed by atoms with Gasteiger partial charge >= 0.3 is 0 Å². The average molecular weight is 689 g/mol. The van der Waals surface area contributed by atoms with Gasteiger partial charge in [0, 0.05) is 33.4 Å². The van der Waals surface area contributed by atoms with E-state index in [1.165, 1.54) is 60.4 Å². The van der Waals surface area contributed by atoms with E-state index in [0.717, 1.165) is 28.3 Å². The van der Waals surface area contributed by atoms with Crippen molar-refractivity contribution in [1.29, 1.82) is 0 Å². The van der Waals surface area contributed by atoms with Crippen LogP contribution in [0, 0.1) is 0 Å². The number of hydrogen-bond donors (Lipinski definition) is 0. The van der Waals surface area contributed by atoms with Crippen LogP contribution in [0.5, 0.6) is 0 Å². The van der Waals surface area contributed by atoms with Gasteiger partial charge in [0.1, 0.15) is 0 Å². The van der Waals surface area contributed by atoms with E-state index in [0.29, 0.717) is 0 Å². The van der Waals surface area contributed by atoms with Crippen LogP contribution in [0.25, 0.3) is 71.6 Å². The summed E-state index contributed by atoms with van der Waals surface area (Å²) in [5.41, 5.74) is 13.9. The SMILES string of the molecule is c1ccc(-c2ccc(N(c3cccc(-n4c5ccccc5c5ccccc54)c3)c3cc(-c4cccc5ccccc45)ccc3-c3ccccc3)cc2)cc1. The third kappa shape index (κ3) is 5.53. The second-order valence-corrected chi connectivity index (χ2v) is 13.8. The molecule has 0 saturated heterocycles. The van der Waals surface area contributed by atoms with Crippen molar-refractivity contribution in [2.24, 2.45) is 0 Å². The summed E-state index contributed by atoms with van der Waals surface area (Å²) in [5.74, 6) is 0. The average Bonchev–Trinajstić information content (AvgIpc) is 3.59. The third-order valence-electron chi connectivity index (χ3n) is 10.6. The Balaban J connectivity index is 1.23. The first-order valence-corrected chi connectivity index (χ1v) is 18.5. The van der Waals surface area contributed by atoms with E-state index in [2.05, 4.69) is 228 Å². The molecule has 0 bridgehead atoms. The lowest BCUT2D eigenvalue weighted by atomic mass is 9.94. The van der Waals surface area contributed by atoms with Crippen molar-refractivity contribution >= 4 is 49.6 Å². The van der Waals surface area contributed by atoms with Crippen LogP contribution in [0.2, 0.25) is 0 Å². The Hall–Kier alpha value is -7.16. The largest absolute Gasteiger partial charge is 0.310 e. The molecule has 0 amide bonds. The number of para-hydroxylation sites is 2. The second kappa shape index (κ2) is 13.4. The normalized spacial score (nSPS) is 11.3. The van der Waals surface area contributed by atoms with Crippen molar-refractivity contribution in [1.82, 2.24) is 4.57 Å². The van der Waals surface area contributed by atoms with Crippen LogP contribution in [0.4, 0.5) is 17.1 Å². The van der Waals surface area contributed by atoms with Gasteiger partial charge in [-0.1, -0.05) is 170 Å². The minimum absolute atomic E-state index is 1.08. The van der Waals surface area contributed by atoms with Crippen LogP contribution in [0.15, 0.2) is 218 Å². The Kier molecular flexibility index (Phi) is 7.85. The molecule has 0 N–H and O–H groups in total. The zero-order chi connectivity index (χ0) is 35.8. The highest BCUT2D eigenvalue weighted by molar-refractivity contribution is 6.09. The van der Waals surface area contributed by atoms with Crippen molar-refractivity contribution in [2.45, 2.75) is 0 Å². The third-order valence-corrected chi connectivity index (χ3v) is 10.6. The van der Waals surface area contributed by atoms with E-state index in [4.69, 9.17) is 0 Å². The van der Waals surface area contributed by atoms with Crippen molar-refractivity contribution < 1.29 is 0 Å². The highest BCUT2D eigenvalue weighted by atomic mass is 15.1. The van der Waals surface area contributed by atoms with Gasteiger partial charge in [-0.2, -0.15) is 0 Å². The molecule has 10 aromatic rings. The standard InChI is InChI=1S/C52H36N2/c1-3-15-37(16-4-1)38-29-32-42(33-30-38)53(43-21-14-22-44(36-43)54-50-27-11-9-24-48(50)49-25-10-12-28-51(49)54)52-35-41(31-34-47(52)40-17-5-2-6-18-40)46-26-13-20-39-19-7-8-23-45(39)46/h1-36H. The number of rotatable bonds is 7. The smallest absolute Gasteiger partial charge is 0.0546 e. The molecule has 54 heavy (non-hydrogen) atoms. The van der Waals surface area contributed by atoms with Gasteiger partial charge in [0.15, 0.2) is 0 Å². The fourth-order valence-electron chi connectivity index (χ4n) is 8.06. The molecule has 10 rings (SSSR count). The summed E-state index contributed by atoms with van der Waals surface area (Å²) in [7, 11) is 0. The maximum absolute atomic E-state index is 2.43. The van der Waals surface area contributed by atoms with Gasteiger partial charge in [0.2, 0.25) is 0 Å². The number of aromatic nitrogens is 1. The van der Waals surface area contributed by atoms with Crippen LogP contribution >= 0.6 is 0 Å². The molecule has 0 radical (unpaired) electrons. The van der Waals surface area contributed by atoms with Gasteiger partial charge in [-0.05, 0) is 87.1 Å². The zero-order valence-electron chi connectivity index (χ0n) is 29.7. The summed E-state index contributed by atoms with van der Waals surface area (Å²) in [4.78, 5) is 2.43. The number of hydrogen-bond acceptors (Lipinski definition) is 1. The Labute approximate surface area is 315 Å². The molecule has 9 aromatic carbocycles. The summed E-state index contributed by atoms with van der Waals surface area (Å²) in [6, 6.07) is 79.0. The Morgan fingerprint density at radius 2 is 0.870 bits per heavy atom. The van der Waals surface area contributed by atoms with Crippen molar-refractivity contribution in [3.8, 4) is 39.1 Å². The molecule has 2 heteroatoms. The minimum Gasteiger partial charge on any atom is -0.310 e. The predicted molar refractivity (Wildman–Crippen MR) is 229 cm³/mol. The van der Waals surface area contributed by atoms with E-state index < -0.39 is 0 Å². The molecule has 0 fully saturated rings. The van der Waals surface area contributed by atoms with Crippen LogP contribution < -0.4 is 4.90 Å². The highest BCUT2D eigenvalue weighted by Crippen LogP contribution is 2.45. The molecule has 0 spiro atoms. The number of benzene rings is 9. The monoisotopic (exact) mass is 688 g/mol. The fraction of sp³-hybridized carbons (Fsp3) is 0. The van der Waals surface area contributed by atoms with E-state index >= 15 is 0 Å². The van der Waals surface area contributed by atoms with E-state index in [1.54, 1.807) is 0 Å². The van der Waals surface area contributed by atoms with Gasteiger partial charge in [-0.15, -0.1) is 0 Å². The molecule has 2 nitrogen and oxygen atoms in total. The maximum atomic E-state index is 2.43. The van der Waals surface area contributed by atoms with Crippen molar-refractivity contribution in [3.05, 3.63) is 218 Å². The number of anilines is 3. The Bertz CT molecular complexity index is 2860. The lowest BCUT2D eigenvalue weighted by Gasteiger charge is -2.29. The summed E-state index contributed by atoms with van der Waals surface area (Å²) < 4.78 is 2.40. The summed E-state index contributed by atoms with van der Waals surface area (Å²) in [6.07, 6.45) is 0. The number of fused-ring (bicyclic) bond motifs is 4. The molecule has 0 unspecified atom stereocenters. The molecule has 1 aromatic heterocycles. The van der Waals surface area contributed by atoms with E-state index in [1.807, 2.05) is 0 Å². The first kappa shape index (κ1) is 31.6. The Morgan fingerprint density at radius 3 is 1.59 bits per heavy atom. The van der Waals surface area contributed by atoms with Crippen LogP contribution in [-0.2, 0) is 0 Å². The van der Waals surface area contributed by atoms with Gasteiger partial charge in [0.25, 0.3) is 0 Å². The van der Waals surface area contributed by atoms with Crippen LogP contribution in [-0.4, -0.2) is 4.57 Å². The lowest BCUT2D eigenvalue weighted by Crippen LogP contribution is -2.12. The highest BCUT2D eigenvalue weighted by Gasteiger charge is 2.21. The van der Waals surface area contributed by atoms with Crippen molar-refractivity contribution in [2.75, 3.05) is 4.90 Å². The lowest BCUT2D eigenvalue weighted by molar-refractivity contribution is 1.17. The molecule has 1 heterocycles. The van der Waals surface area contributed by atoms with Crippen LogP contribution in [0.3, 0.4) is 0 Å². The molecular weight excluding hydrogens is 653 g/mol. The molecule has 0 aliphatic heterocycles. The molecule has 254 valence electrons. The van der Waals surface area contributed by atoms with Gasteiger partial charge in [0.05, 0.1) is 16.7 Å². The first-order chi connectivity index (χ1) is 26.8. The van der Waals surface area contributed by atoms with Gasteiger partial charge in [-0.25, -0.2) is 0 Å². The maximum Gasteiger partial charge on any atom is 0.0546 e. The quantitative estimate of drug-likeness (QED) is 0.162. The first-order valence-electron chi connectivity index (χ1n) is 18.5. The summed E-state index contributed by atoms with van der Waals surface area (Å²) in [5, 5.41) is 4.98. The molecule has 0 atom stereocenters. The second-order valence-electron chi connectivity index (χ2n) is 13.8. The van der Waals surface area contributed by atoms with Crippen LogP contribution in [0.1, 0.15) is 0 Å². The zero-order valence-corrected chi connectivity index (χ0v) is 29.7. The topological polar surface area (TPSA) is 8.17 Å². The van der Waals surface area contributed by atoms with E-state index in [9.17, 15) is 0 Å².